The number of aliphatic hydroxyl groups is 1. The number of piperidine rings is 3. The number of hydrogen-bond acceptors (Lipinski definition) is 2. The van der Waals surface area contributed by atoms with Gasteiger partial charge in [-0.15, -0.1) is 0 Å². The smallest absolute Gasteiger partial charge is 0.119 e. The minimum Gasteiger partial charge on any atom is -0.380 e. The maximum atomic E-state index is 12.0. The van der Waals surface area contributed by atoms with E-state index in [9.17, 15) is 5.11 Å². The van der Waals surface area contributed by atoms with E-state index < -0.39 is 5.60 Å². The highest BCUT2D eigenvalue weighted by Crippen LogP contribution is 2.47. The molecule has 2 bridgehead atoms. The van der Waals surface area contributed by atoms with Crippen molar-refractivity contribution in [2.24, 2.45) is 11.8 Å². The van der Waals surface area contributed by atoms with Gasteiger partial charge in [0.25, 0.3) is 0 Å². The third kappa shape index (κ3) is 2.76. The normalized spacial score (nSPS) is 26.5. The van der Waals surface area contributed by atoms with E-state index in [0.717, 1.165) is 43.6 Å². The molecule has 3 heterocycles. The summed E-state index contributed by atoms with van der Waals surface area (Å²) < 4.78 is 0. The highest BCUT2D eigenvalue weighted by Gasteiger charge is 2.48. The Morgan fingerprint density at radius 3 is 1.92 bits per heavy atom. The van der Waals surface area contributed by atoms with Gasteiger partial charge in [-0.1, -0.05) is 47.5 Å². The second-order valence-electron chi connectivity index (χ2n) is 7.03. The van der Waals surface area contributed by atoms with Gasteiger partial charge in [-0.25, -0.2) is 0 Å². The average Bonchev–Trinajstić information content (AvgIpc) is 2.62. The first kappa shape index (κ1) is 16.4. The molecular formula is C20H23Cl2NO. The highest BCUT2D eigenvalue weighted by molar-refractivity contribution is 6.31. The molecule has 0 spiro atoms. The van der Waals surface area contributed by atoms with Crippen molar-refractivity contribution < 1.29 is 6.53 Å². The molecule has 0 amide bonds. The Morgan fingerprint density at radius 1 is 0.958 bits per heavy atom. The fourth-order valence-corrected chi connectivity index (χ4v) is 4.86. The Labute approximate surface area is 154 Å². The van der Waals surface area contributed by atoms with Gasteiger partial charge in [-0.05, 0) is 67.2 Å². The summed E-state index contributed by atoms with van der Waals surface area (Å²) in [7, 11) is 0. The van der Waals surface area contributed by atoms with Crippen molar-refractivity contribution in [3.8, 4) is 0 Å². The van der Waals surface area contributed by atoms with E-state index in [0.29, 0.717) is 16.0 Å². The summed E-state index contributed by atoms with van der Waals surface area (Å²) in [5.41, 5.74) is 0.645. The largest absolute Gasteiger partial charge is 0.380 e. The minimum atomic E-state index is -1.07. The predicted octanol–water partition coefficient (Wildman–Crippen LogP) is 4.82. The van der Waals surface area contributed by atoms with E-state index in [1.54, 1.807) is 0 Å². The summed E-state index contributed by atoms with van der Waals surface area (Å²) in [6.45, 7) is 3.20. The van der Waals surface area contributed by atoms with Crippen LogP contribution in [-0.4, -0.2) is 29.6 Å². The number of benzene rings is 2. The third-order valence-corrected chi connectivity index (χ3v) is 6.19. The predicted molar refractivity (Wildman–Crippen MR) is 101 cm³/mol. The van der Waals surface area contributed by atoms with Crippen molar-refractivity contribution in [2.75, 3.05) is 19.6 Å². The van der Waals surface area contributed by atoms with Crippen LogP contribution in [0.3, 0.4) is 0 Å². The molecular weight excluding hydrogens is 341 g/mol. The lowest BCUT2D eigenvalue weighted by Crippen LogP contribution is -2.55. The minimum absolute atomic E-state index is 0. The molecule has 3 aliphatic rings. The quantitative estimate of drug-likeness (QED) is 0.844. The van der Waals surface area contributed by atoms with E-state index >= 15 is 0 Å². The fourth-order valence-electron chi connectivity index (χ4n) is 4.48. The van der Waals surface area contributed by atoms with Gasteiger partial charge in [0.05, 0.1) is 0 Å². The Morgan fingerprint density at radius 2 is 1.50 bits per heavy atom. The average molecular weight is 364 g/mol. The van der Waals surface area contributed by atoms with E-state index in [2.05, 4.69) is 4.90 Å². The lowest BCUT2D eigenvalue weighted by atomic mass is 9.65. The monoisotopic (exact) mass is 363 g/mol. The number of fused-ring (bicyclic) bond motifs is 3. The molecule has 0 aliphatic carbocycles. The lowest BCUT2D eigenvalue weighted by molar-refractivity contribution is -0.0764. The molecule has 1 N–H and O–H groups in total. The number of nitrogens with zero attached hydrogens (tertiary/aromatic N) is 1. The molecule has 2 aromatic carbocycles. The van der Waals surface area contributed by atoms with E-state index in [1.807, 2.05) is 48.5 Å². The van der Waals surface area contributed by atoms with Crippen LogP contribution in [0.1, 0.15) is 25.4 Å². The molecule has 1 atom stereocenters. The summed E-state index contributed by atoms with van der Waals surface area (Å²) in [5.74, 6) is 0.676. The summed E-state index contributed by atoms with van der Waals surface area (Å²) in [5, 5.41) is 13.3. The molecule has 0 saturated carbocycles. The van der Waals surface area contributed by atoms with Crippen molar-refractivity contribution in [3.63, 3.8) is 0 Å². The SMILES string of the molecule is OC(c1cccc(Cl)c1)(c1cccc(Cl)c1)C1CN2CCC1CC2.[HH]. The molecule has 0 aromatic heterocycles. The zero-order valence-electron chi connectivity index (χ0n) is 13.5. The first-order valence-corrected chi connectivity index (χ1v) is 9.30. The molecule has 1 unspecified atom stereocenters. The van der Waals surface area contributed by atoms with E-state index in [1.165, 1.54) is 0 Å². The maximum Gasteiger partial charge on any atom is 0.119 e. The molecule has 3 fully saturated rings. The summed E-state index contributed by atoms with van der Waals surface area (Å²) in [6.07, 6.45) is 2.29. The Hall–Kier alpha value is -1.06. The van der Waals surface area contributed by atoms with Gasteiger partial charge in [-0.3, -0.25) is 0 Å². The van der Waals surface area contributed by atoms with Gasteiger partial charge in [0.1, 0.15) is 5.60 Å². The van der Waals surface area contributed by atoms with Crippen LogP contribution in [0.2, 0.25) is 10.0 Å². The number of rotatable bonds is 3. The van der Waals surface area contributed by atoms with Crippen LogP contribution in [0.25, 0.3) is 0 Å². The van der Waals surface area contributed by atoms with Gasteiger partial charge in [0.2, 0.25) is 0 Å². The van der Waals surface area contributed by atoms with Crippen LogP contribution in [0.4, 0.5) is 0 Å². The van der Waals surface area contributed by atoms with Crippen LogP contribution in [0.15, 0.2) is 48.5 Å². The van der Waals surface area contributed by atoms with E-state index in [4.69, 9.17) is 23.2 Å². The van der Waals surface area contributed by atoms with Crippen molar-refractivity contribution in [2.45, 2.75) is 18.4 Å². The second-order valence-corrected chi connectivity index (χ2v) is 7.90. The Kier molecular flexibility index (Phi) is 4.34. The topological polar surface area (TPSA) is 23.5 Å². The molecule has 24 heavy (non-hydrogen) atoms. The van der Waals surface area contributed by atoms with Crippen molar-refractivity contribution >= 4 is 23.2 Å². The van der Waals surface area contributed by atoms with Gasteiger partial charge < -0.3 is 10.0 Å². The zero-order chi connectivity index (χ0) is 16.7. The van der Waals surface area contributed by atoms with Crippen molar-refractivity contribution in [1.29, 1.82) is 0 Å². The first-order valence-electron chi connectivity index (χ1n) is 8.54. The number of halogens is 2. The summed E-state index contributed by atoms with van der Waals surface area (Å²) in [4.78, 5) is 2.46. The van der Waals surface area contributed by atoms with Gasteiger partial charge in [-0.2, -0.15) is 0 Å². The molecule has 3 saturated heterocycles. The molecule has 128 valence electrons. The maximum absolute atomic E-state index is 12.0. The van der Waals surface area contributed by atoms with Crippen molar-refractivity contribution in [1.82, 2.24) is 4.90 Å². The molecule has 2 aromatic rings. The second kappa shape index (κ2) is 6.34. The van der Waals surface area contributed by atoms with Crippen LogP contribution >= 0.6 is 23.2 Å². The zero-order valence-corrected chi connectivity index (χ0v) is 15.0. The van der Waals surface area contributed by atoms with Gasteiger partial charge >= 0.3 is 0 Å². The molecule has 4 heteroatoms. The van der Waals surface area contributed by atoms with Crippen LogP contribution in [-0.2, 0) is 5.60 Å². The highest BCUT2D eigenvalue weighted by atomic mass is 35.5. The van der Waals surface area contributed by atoms with Crippen molar-refractivity contribution in [3.05, 3.63) is 69.7 Å². The van der Waals surface area contributed by atoms with E-state index in [-0.39, 0.29) is 7.34 Å². The molecule has 0 radical (unpaired) electrons. The fraction of sp³-hybridized carbons (Fsp3) is 0.400. The third-order valence-electron chi connectivity index (χ3n) is 5.72. The van der Waals surface area contributed by atoms with Gasteiger partial charge in [0.15, 0.2) is 0 Å². The number of hydrogen-bond donors (Lipinski definition) is 1. The summed E-state index contributed by atoms with van der Waals surface area (Å²) in [6, 6.07) is 15.2. The Bertz CT molecular complexity index is 700. The Balaban J connectivity index is 0.00000182. The first-order chi connectivity index (χ1) is 11.6. The summed E-state index contributed by atoms with van der Waals surface area (Å²) >= 11 is 12.5. The standard InChI is InChI=1S/C20H21Cl2NO.H2/c21-17-5-1-3-15(11-17)20(24,16-4-2-6-18(22)12-16)19-13-23-9-7-14(19)8-10-23;/h1-6,11-12,14,19,24H,7-10,13H2;1H. The van der Waals surface area contributed by atoms with Gasteiger partial charge in [0, 0.05) is 23.9 Å². The molecule has 5 rings (SSSR count). The van der Waals surface area contributed by atoms with Crippen LogP contribution < -0.4 is 0 Å². The lowest BCUT2D eigenvalue weighted by Gasteiger charge is -2.51. The van der Waals surface area contributed by atoms with Crippen LogP contribution in [0.5, 0.6) is 0 Å². The molecule has 2 nitrogen and oxygen atoms in total. The molecule has 3 aliphatic heterocycles. The van der Waals surface area contributed by atoms with Crippen LogP contribution in [0, 0.1) is 11.8 Å².